The molecule has 2 rings (SSSR count). The number of piperidine rings is 1. The summed E-state index contributed by atoms with van der Waals surface area (Å²) in [6.07, 6.45) is 2.81. The first-order valence-electron chi connectivity index (χ1n) is 6.26. The van der Waals surface area contributed by atoms with E-state index in [2.05, 4.69) is 18.7 Å². The second kappa shape index (κ2) is 4.04. The molecule has 3 unspecified atom stereocenters. The normalized spacial score (nSPS) is 36.8. The van der Waals surface area contributed by atoms with Gasteiger partial charge in [-0.2, -0.15) is 0 Å². The number of likely N-dealkylation sites (tertiary alicyclic amines) is 1. The van der Waals surface area contributed by atoms with Crippen LogP contribution in [0.15, 0.2) is 0 Å². The van der Waals surface area contributed by atoms with Crippen molar-refractivity contribution in [1.29, 1.82) is 0 Å². The van der Waals surface area contributed by atoms with Crippen LogP contribution in [-0.4, -0.2) is 37.1 Å². The lowest BCUT2D eigenvalue weighted by Gasteiger charge is -2.43. The molecule has 15 heavy (non-hydrogen) atoms. The molecule has 0 bridgehead atoms. The molecule has 0 aromatic heterocycles. The van der Waals surface area contributed by atoms with Crippen LogP contribution < -0.4 is 11.5 Å². The van der Waals surface area contributed by atoms with Crippen molar-refractivity contribution in [2.75, 3.05) is 26.2 Å². The van der Waals surface area contributed by atoms with Crippen molar-refractivity contribution in [1.82, 2.24) is 4.90 Å². The van der Waals surface area contributed by atoms with Crippen LogP contribution in [0, 0.1) is 17.3 Å². The fourth-order valence-electron chi connectivity index (χ4n) is 3.45. The predicted octanol–water partition coefficient (Wildman–Crippen LogP) is 0.640. The Labute approximate surface area is 93.2 Å². The number of nitrogens with two attached hydrogens (primary N) is 2. The van der Waals surface area contributed by atoms with Crippen LogP contribution in [0.3, 0.4) is 0 Å². The Morgan fingerprint density at radius 3 is 2.53 bits per heavy atom. The van der Waals surface area contributed by atoms with E-state index in [1.54, 1.807) is 0 Å². The first-order valence-corrected chi connectivity index (χ1v) is 6.26. The smallest absolute Gasteiger partial charge is 0.0139 e. The van der Waals surface area contributed by atoms with Crippen molar-refractivity contribution >= 4 is 0 Å². The van der Waals surface area contributed by atoms with Crippen LogP contribution in [0.2, 0.25) is 0 Å². The van der Waals surface area contributed by atoms with Crippen LogP contribution in [0.5, 0.6) is 0 Å². The van der Waals surface area contributed by atoms with Crippen LogP contribution in [0.4, 0.5) is 0 Å². The summed E-state index contributed by atoms with van der Waals surface area (Å²) >= 11 is 0. The van der Waals surface area contributed by atoms with Gasteiger partial charge in [-0.3, -0.25) is 0 Å². The van der Waals surface area contributed by atoms with Crippen LogP contribution in [0.1, 0.15) is 26.7 Å². The van der Waals surface area contributed by atoms with Gasteiger partial charge in [-0.25, -0.2) is 0 Å². The molecular formula is C12H25N3. The SMILES string of the molecule is CC(N)CN1CC(C)C2(CC2)C(CN)C1. The topological polar surface area (TPSA) is 55.3 Å². The third-order valence-electron chi connectivity index (χ3n) is 4.46. The highest BCUT2D eigenvalue weighted by atomic mass is 15.2. The van der Waals surface area contributed by atoms with Crippen molar-refractivity contribution in [2.45, 2.75) is 32.7 Å². The van der Waals surface area contributed by atoms with E-state index in [4.69, 9.17) is 11.5 Å². The zero-order valence-corrected chi connectivity index (χ0v) is 10.1. The Kier molecular flexibility index (Phi) is 3.06. The molecule has 0 amide bonds. The van der Waals surface area contributed by atoms with Gasteiger partial charge >= 0.3 is 0 Å². The first kappa shape index (κ1) is 11.4. The van der Waals surface area contributed by atoms with Crippen molar-refractivity contribution in [3.8, 4) is 0 Å². The molecule has 1 aliphatic heterocycles. The van der Waals surface area contributed by atoms with Gasteiger partial charge in [0, 0.05) is 25.7 Å². The second-order valence-corrected chi connectivity index (χ2v) is 5.76. The Balaban J connectivity index is 1.98. The second-order valence-electron chi connectivity index (χ2n) is 5.76. The van der Waals surface area contributed by atoms with Gasteiger partial charge in [0.15, 0.2) is 0 Å². The molecule has 1 saturated heterocycles. The summed E-state index contributed by atoms with van der Waals surface area (Å²) in [7, 11) is 0. The van der Waals surface area contributed by atoms with Gasteiger partial charge < -0.3 is 16.4 Å². The van der Waals surface area contributed by atoms with E-state index in [9.17, 15) is 0 Å². The molecule has 3 nitrogen and oxygen atoms in total. The third kappa shape index (κ3) is 2.05. The van der Waals surface area contributed by atoms with Gasteiger partial charge in [-0.15, -0.1) is 0 Å². The lowest BCUT2D eigenvalue weighted by molar-refractivity contribution is 0.0541. The molecule has 3 atom stereocenters. The van der Waals surface area contributed by atoms with Crippen molar-refractivity contribution in [3.63, 3.8) is 0 Å². The maximum Gasteiger partial charge on any atom is 0.0139 e. The molecule has 0 radical (unpaired) electrons. The summed E-state index contributed by atoms with van der Waals surface area (Å²) in [5, 5.41) is 0. The van der Waals surface area contributed by atoms with E-state index in [0.29, 0.717) is 11.3 Å². The molecular weight excluding hydrogens is 186 g/mol. The van der Waals surface area contributed by atoms with Crippen molar-refractivity contribution < 1.29 is 0 Å². The first-order chi connectivity index (χ1) is 7.08. The summed E-state index contributed by atoms with van der Waals surface area (Å²) in [6.45, 7) is 8.74. The zero-order chi connectivity index (χ0) is 11.1. The minimum absolute atomic E-state index is 0.281. The summed E-state index contributed by atoms with van der Waals surface area (Å²) in [5.41, 5.74) is 12.4. The molecule has 1 heterocycles. The van der Waals surface area contributed by atoms with E-state index >= 15 is 0 Å². The van der Waals surface area contributed by atoms with Gasteiger partial charge in [-0.05, 0) is 43.6 Å². The molecule has 2 aliphatic rings. The van der Waals surface area contributed by atoms with Gasteiger partial charge in [-0.1, -0.05) is 6.92 Å². The molecule has 1 aliphatic carbocycles. The van der Waals surface area contributed by atoms with E-state index in [0.717, 1.165) is 19.0 Å². The van der Waals surface area contributed by atoms with Gasteiger partial charge in [0.2, 0.25) is 0 Å². The van der Waals surface area contributed by atoms with Crippen LogP contribution in [-0.2, 0) is 0 Å². The summed E-state index contributed by atoms with van der Waals surface area (Å²) in [5.74, 6) is 1.51. The molecule has 0 aromatic carbocycles. The van der Waals surface area contributed by atoms with E-state index in [1.807, 2.05) is 0 Å². The fourth-order valence-corrected chi connectivity index (χ4v) is 3.45. The Hall–Kier alpha value is -0.120. The average Bonchev–Trinajstić information content (AvgIpc) is 2.92. The lowest BCUT2D eigenvalue weighted by Crippen LogP contribution is -2.51. The molecule has 0 aromatic rings. The number of nitrogens with zero attached hydrogens (tertiary/aromatic N) is 1. The van der Waals surface area contributed by atoms with Crippen molar-refractivity contribution in [3.05, 3.63) is 0 Å². The van der Waals surface area contributed by atoms with Crippen LogP contribution in [0.25, 0.3) is 0 Å². The zero-order valence-electron chi connectivity index (χ0n) is 10.1. The van der Waals surface area contributed by atoms with Gasteiger partial charge in [0.25, 0.3) is 0 Å². The minimum atomic E-state index is 0.281. The number of hydrogen-bond acceptors (Lipinski definition) is 3. The maximum atomic E-state index is 5.92. The molecule has 1 spiro atoms. The van der Waals surface area contributed by atoms with Crippen LogP contribution >= 0.6 is 0 Å². The molecule has 2 fully saturated rings. The minimum Gasteiger partial charge on any atom is -0.330 e. The number of hydrogen-bond donors (Lipinski definition) is 2. The largest absolute Gasteiger partial charge is 0.330 e. The summed E-state index contributed by atoms with van der Waals surface area (Å²) < 4.78 is 0. The highest BCUT2D eigenvalue weighted by Crippen LogP contribution is 2.59. The molecule has 4 N–H and O–H groups in total. The highest BCUT2D eigenvalue weighted by molar-refractivity contribution is 5.06. The van der Waals surface area contributed by atoms with Gasteiger partial charge in [0.05, 0.1) is 0 Å². The van der Waals surface area contributed by atoms with Gasteiger partial charge in [0.1, 0.15) is 0 Å². The summed E-state index contributed by atoms with van der Waals surface area (Å²) in [4.78, 5) is 2.51. The standard InChI is InChI=1S/C12H25N3/c1-9-6-15(7-10(2)14)8-11(5-13)12(9)3-4-12/h9-11H,3-8,13-14H2,1-2H3. The monoisotopic (exact) mass is 211 g/mol. The van der Waals surface area contributed by atoms with E-state index in [1.165, 1.54) is 25.9 Å². The Bertz CT molecular complexity index is 223. The fraction of sp³-hybridized carbons (Fsp3) is 1.00. The molecule has 3 heteroatoms. The maximum absolute atomic E-state index is 5.92. The summed E-state index contributed by atoms with van der Waals surface area (Å²) in [6, 6.07) is 0.281. The average molecular weight is 211 g/mol. The highest BCUT2D eigenvalue weighted by Gasteiger charge is 2.55. The Morgan fingerprint density at radius 2 is 2.07 bits per heavy atom. The Morgan fingerprint density at radius 1 is 1.40 bits per heavy atom. The van der Waals surface area contributed by atoms with E-state index < -0.39 is 0 Å². The molecule has 88 valence electrons. The quantitative estimate of drug-likeness (QED) is 0.720. The third-order valence-corrected chi connectivity index (χ3v) is 4.46. The van der Waals surface area contributed by atoms with E-state index in [-0.39, 0.29) is 6.04 Å². The number of rotatable bonds is 3. The predicted molar refractivity (Wildman–Crippen MR) is 63.5 cm³/mol. The lowest BCUT2D eigenvalue weighted by atomic mass is 9.75. The van der Waals surface area contributed by atoms with Crippen molar-refractivity contribution in [2.24, 2.45) is 28.7 Å². The molecule has 1 saturated carbocycles.